The third kappa shape index (κ3) is 4.35. The van der Waals surface area contributed by atoms with Crippen molar-refractivity contribution in [3.8, 4) is 17.2 Å². The Morgan fingerprint density at radius 1 is 0.971 bits per heavy atom. The van der Waals surface area contributed by atoms with Gasteiger partial charge in [0.15, 0.2) is 0 Å². The molecule has 1 saturated heterocycles. The fourth-order valence-corrected chi connectivity index (χ4v) is 4.55. The molecule has 1 N–H and O–H groups in total. The van der Waals surface area contributed by atoms with Crippen molar-refractivity contribution in [3.63, 3.8) is 0 Å². The Morgan fingerprint density at radius 2 is 1.63 bits per heavy atom. The molecule has 1 amide bonds. The highest BCUT2D eigenvalue weighted by Crippen LogP contribution is 2.42. The fourth-order valence-electron chi connectivity index (χ4n) is 4.55. The van der Waals surface area contributed by atoms with Crippen LogP contribution >= 0.6 is 0 Å². The standard InChI is InChI=1S/C26H18F4N2O3/c27-20-9-5-4-8-17(20)21-12-13-22(25(34)35)32(21)24(33)23-16(15-6-2-1-3-7-15)10-11-19(18(23)14-31)26(28,29)30/h1-11,21-22H,12-13H2,(H,34,35). The smallest absolute Gasteiger partial charge is 0.417 e. The molecular formula is C26H18F4N2O3. The topological polar surface area (TPSA) is 81.4 Å². The zero-order valence-electron chi connectivity index (χ0n) is 18.1. The third-order valence-corrected chi connectivity index (χ3v) is 6.09. The molecule has 178 valence electrons. The second-order valence-electron chi connectivity index (χ2n) is 8.07. The molecule has 1 heterocycles. The van der Waals surface area contributed by atoms with Crippen LogP contribution in [0, 0.1) is 17.1 Å². The van der Waals surface area contributed by atoms with Crippen LogP contribution in [0.15, 0.2) is 66.7 Å². The van der Waals surface area contributed by atoms with Crippen molar-refractivity contribution in [2.24, 2.45) is 0 Å². The van der Waals surface area contributed by atoms with Gasteiger partial charge >= 0.3 is 12.1 Å². The van der Waals surface area contributed by atoms with Gasteiger partial charge in [-0.3, -0.25) is 4.79 Å². The molecule has 2 unspecified atom stereocenters. The SMILES string of the molecule is N#Cc1c(C(F)(F)F)ccc(-c2ccccc2)c1C(=O)N1C(C(=O)O)CCC1c1ccccc1F. The van der Waals surface area contributed by atoms with Crippen molar-refractivity contribution in [2.75, 3.05) is 0 Å². The number of halogens is 4. The summed E-state index contributed by atoms with van der Waals surface area (Å²) in [5.41, 5.74) is -2.32. The number of rotatable bonds is 4. The number of nitriles is 1. The number of amides is 1. The Morgan fingerprint density at radius 3 is 2.23 bits per heavy atom. The van der Waals surface area contributed by atoms with Crippen molar-refractivity contribution >= 4 is 11.9 Å². The molecule has 9 heteroatoms. The maximum Gasteiger partial charge on any atom is 0.417 e. The molecule has 5 nitrogen and oxygen atoms in total. The van der Waals surface area contributed by atoms with Crippen molar-refractivity contribution in [1.29, 1.82) is 5.26 Å². The predicted octanol–water partition coefficient (Wildman–Crippen LogP) is 5.81. The Balaban J connectivity index is 1.98. The summed E-state index contributed by atoms with van der Waals surface area (Å²) in [5, 5.41) is 19.5. The first-order chi connectivity index (χ1) is 16.6. The van der Waals surface area contributed by atoms with Crippen LogP contribution < -0.4 is 0 Å². The number of carboxylic acid groups (broad SMARTS) is 1. The molecule has 35 heavy (non-hydrogen) atoms. The Bertz CT molecular complexity index is 1330. The van der Waals surface area contributed by atoms with Crippen LogP contribution in [0.2, 0.25) is 0 Å². The van der Waals surface area contributed by atoms with Crippen LogP contribution in [0.5, 0.6) is 0 Å². The summed E-state index contributed by atoms with van der Waals surface area (Å²) in [7, 11) is 0. The number of alkyl halides is 3. The Labute approximate surface area is 197 Å². The van der Waals surface area contributed by atoms with Gasteiger partial charge in [-0.25, -0.2) is 9.18 Å². The van der Waals surface area contributed by atoms with E-state index in [0.29, 0.717) is 5.56 Å². The van der Waals surface area contributed by atoms with Crippen LogP contribution in [0.1, 0.15) is 45.9 Å². The normalized spacial score (nSPS) is 17.7. The molecule has 0 aromatic heterocycles. The van der Waals surface area contributed by atoms with E-state index in [4.69, 9.17) is 0 Å². The summed E-state index contributed by atoms with van der Waals surface area (Å²) in [6.07, 6.45) is -4.87. The molecule has 0 aliphatic carbocycles. The van der Waals surface area contributed by atoms with E-state index < -0.39 is 52.6 Å². The Kier molecular flexibility index (Phi) is 6.31. The largest absolute Gasteiger partial charge is 0.480 e. The second-order valence-corrected chi connectivity index (χ2v) is 8.07. The minimum Gasteiger partial charge on any atom is -0.480 e. The van der Waals surface area contributed by atoms with E-state index in [-0.39, 0.29) is 24.0 Å². The number of benzene rings is 3. The molecule has 1 fully saturated rings. The molecule has 0 bridgehead atoms. The number of nitrogens with zero attached hydrogens (tertiary/aromatic N) is 2. The average Bonchev–Trinajstić information content (AvgIpc) is 3.28. The fraction of sp³-hybridized carbons (Fsp3) is 0.192. The zero-order chi connectivity index (χ0) is 25.3. The molecule has 2 atom stereocenters. The molecule has 1 aliphatic rings. The van der Waals surface area contributed by atoms with Gasteiger partial charge in [0.05, 0.1) is 22.7 Å². The maximum absolute atomic E-state index is 14.6. The zero-order valence-corrected chi connectivity index (χ0v) is 18.1. The average molecular weight is 482 g/mol. The van der Waals surface area contributed by atoms with Crippen LogP contribution in [0.4, 0.5) is 17.6 Å². The van der Waals surface area contributed by atoms with Crippen LogP contribution in [0.3, 0.4) is 0 Å². The molecule has 3 aromatic carbocycles. The Hall–Kier alpha value is -4.19. The number of carbonyl (C=O) groups excluding carboxylic acids is 1. The first kappa shape index (κ1) is 24.0. The van der Waals surface area contributed by atoms with E-state index in [1.54, 1.807) is 30.3 Å². The van der Waals surface area contributed by atoms with E-state index in [1.165, 1.54) is 24.3 Å². The molecule has 4 rings (SSSR count). The van der Waals surface area contributed by atoms with E-state index in [2.05, 4.69) is 0 Å². The predicted molar refractivity (Wildman–Crippen MR) is 118 cm³/mol. The van der Waals surface area contributed by atoms with E-state index >= 15 is 0 Å². The molecule has 0 radical (unpaired) electrons. The molecule has 3 aromatic rings. The lowest BCUT2D eigenvalue weighted by Crippen LogP contribution is -2.42. The summed E-state index contributed by atoms with van der Waals surface area (Å²) in [6.45, 7) is 0. The van der Waals surface area contributed by atoms with E-state index in [1.807, 2.05) is 0 Å². The first-order valence-electron chi connectivity index (χ1n) is 10.6. The minimum atomic E-state index is -4.93. The van der Waals surface area contributed by atoms with Crippen molar-refractivity contribution < 1.29 is 32.3 Å². The van der Waals surface area contributed by atoms with Gasteiger partial charge in [0, 0.05) is 5.56 Å². The van der Waals surface area contributed by atoms with Gasteiger partial charge < -0.3 is 10.0 Å². The second kappa shape index (κ2) is 9.22. The highest BCUT2D eigenvalue weighted by molar-refractivity contribution is 6.05. The van der Waals surface area contributed by atoms with Crippen LogP contribution in [-0.4, -0.2) is 27.9 Å². The van der Waals surface area contributed by atoms with E-state index in [9.17, 15) is 37.5 Å². The number of hydrogen-bond acceptors (Lipinski definition) is 3. The van der Waals surface area contributed by atoms with Crippen molar-refractivity contribution in [1.82, 2.24) is 4.90 Å². The van der Waals surface area contributed by atoms with Crippen molar-refractivity contribution in [3.05, 3.63) is 94.8 Å². The van der Waals surface area contributed by atoms with Crippen LogP contribution in [0.25, 0.3) is 11.1 Å². The number of likely N-dealkylation sites (tertiary alicyclic amines) is 1. The van der Waals surface area contributed by atoms with E-state index in [0.717, 1.165) is 23.1 Å². The highest BCUT2D eigenvalue weighted by Gasteiger charge is 2.45. The quantitative estimate of drug-likeness (QED) is 0.476. The highest BCUT2D eigenvalue weighted by atomic mass is 19.4. The van der Waals surface area contributed by atoms with Gasteiger partial charge in [0.25, 0.3) is 5.91 Å². The summed E-state index contributed by atoms with van der Waals surface area (Å²) in [5.74, 6) is -3.12. The molecular weight excluding hydrogens is 464 g/mol. The lowest BCUT2D eigenvalue weighted by atomic mass is 9.90. The number of aliphatic carboxylic acids is 1. The van der Waals surface area contributed by atoms with Crippen molar-refractivity contribution in [2.45, 2.75) is 31.1 Å². The minimum absolute atomic E-state index is 0.0262. The third-order valence-electron chi connectivity index (χ3n) is 6.09. The van der Waals surface area contributed by atoms with Gasteiger partial charge in [-0.2, -0.15) is 18.4 Å². The van der Waals surface area contributed by atoms with Gasteiger partial charge in [-0.1, -0.05) is 54.6 Å². The first-order valence-corrected chi connectivity index (χ1v) is 10.6. The summed E-state index contributed by atoms with van der Waals surface area (Å²) in [6, 6.07) is 14.4. The number of carboxylic acids is 1. The lowest BCUT2D eigenvalue weighted by molar-refractivity contribution is -0.142. The molecule has 1 aliphatic heterocycles. The summed E-state index contributed by atoms with van der Waals surface area (Å²) < 4.78 is 55.9. The molecule has 0 saturated carbocycles. The van der Waals surface area contributed by atoms with Gasteiger partial charge in [-0.05, 0) is 36.1 Å². The molecule has 0 spiro atoms. The van der Waals surface area contributed by atoms with Gasteiger partial charge in [-0.15, -0.1) is 0 Å². The van der Waals surface area contributed by atoms with Crippen LogP contribution in [-0.2, 0) is 11.0 Å². The maximum atomic E-state index is 14.6. The number of carbonyl (C=O) groups is 2. The summed E-state index contributed by atoms with van der Waals surface area (Å²) in [4.78, 5) is 26.8. The lowest BCUT2D eigenvalue weighted by Gasteiger charge is -2.30. The van der Waals surface area contributed by atoms with Gasteiger partial charge in [0.2, 0.25) is 0 Å². The van der Waals surface area contributed by atoms with Gasteiger partial charge in [0.1, 0.15) is 17.9 Å². The summed E-state index contributed by atoms with van der Waals surface area (Å²) >= 11 is 0. The number of hydrogen-bond donors (Lipinski definition) is 1. The monoisotopic (exact) mass is 482 g/mol.